The third kappa shape index (κ3) is 71.4. The molecule has 0 radical (unpaired) electrons. The molecule has 6 heteroatoms. The second-order valence-electron chi connectivity index (χ2n) is 27.4. The average Bonchev–Trinajstić information content (AvgIpc) is 3.55. The van der Waals surface area contributed by atoms with E-state index < -0.39 is 12.1 Å². The molecule has 3 N–H and O–H groups in total. The minimum atomic E-state index is -0.841. The Labute approximate surface area is 539 Å². The molecule has 0 heterocycles. The van der Waals surface area contributed by atoms with Crippen molar-refractivity contribution in [2.75, 3.05) is 13.2 Å². The Hall–Kier alpha value is -1.66. The van der Waals surface area contributed by atoms with Gasteiger partial charge < -0.3 is 20.3 Å². The van der Waals surface area contributed by atoms with E-state index in [0.29, 0.717) is 19.4 Å². The topological polar surface area (TPSA) is 95.9 Å². The molecular formula is C80H155NO5. The van der Waals surface area contributed by atoms with Crippen LogP contribution in [0.2, 0.25) is 0 Å². The molecule has 0 spiro atoms. The molecule has 0 saturated heterocycles. The number of hydrogen-bond acceptors (Lipinski definition) is 5. The third-order valence-corrected chi connectivity index (χ3v) is 18.7. The lowest BCUT2D eigenvalue weighted by Gasteiger charge is -2.20. The number of aliphatic hydroxyl groups excluding tert-OH is 2. The summed E-state index contributed by atoms with van der Waals surface area (Å²) in [5, 5.41) is 23.3. The Kier molecular flexibility index (Phi) is 74.3. The molecule has 0 aliphatic heterocycles. The van der Waals surface area contributed by atoms with Gasteiger partial charge in [0.2, 0.25) is 5.91 Å². The van der Waals surface area contributed by atoms with Crippen LogP contribution in [0.4, 0.5) is 0 Å². The average molecular weight is 1210 g/mol. The standard InChI is InChI=1S/C80H155NO5/c1-3-5-7-9-11-13-15-17-19-20-38-41-45-48-52-56-60-64-68-72-78(83)77(76-82)81-79(84)73-69-65-61-57-53-49-46-42-39-36-34-32-30-28-26-24-22-21-23-25-27-29-31-33-35-37-40-43-47-51-55-59-63-67-71-75-86-80(85)74-70-66-62-58-54-50-44-18-16-14-12-10-8-6-4-2/h18,44,68,72,77-78,82-83H,3-17,19-43,45-67,69-71,73-76H2,1-2H3,(H,81,84)/b44-18-,72-68+. The minimum Gasteiger partial charge on any atom is -0.466 e. The van der Waals surface area contributed by atoms with Crippen molar-refractivity contribution in [1.82, 2.24) is 5.32 Å². The number of nitrogens with one attached hydrogen (secondary N) is 1. The molecule has 2 unspecified atom stereocenters. The Morgan fingerprint density at radius 3 is 0.826 bits per heavy atom. The van der Waals surface area contributed by atoms with Crippen LogP contribution in [0.1, 0.15) is 450 Å². The first-order valence-electron chi connectivity index (χ1n) is 39.6. The van der Waals surface area contributed by atoms with Gasteiger partial charge in [-0.05, 0) is 57.8 Å². The zero-order valence-corrected chi connectivity index (χ0v) is 58.6. The first-order chi connectivity index (χ1) is 42.5. The number of rotatable bonds is 75. The van der Waals surface area contributed by atoms with Crippen molar-refractivity contribution >= 4 is 11.9 Å². The number of carbonyl (C=O) groups is 2. The number of ether oxygens (including phenoxy) is 1. The lowest BCUT2D eigenvalue weighted by Crippen LogP contribution is -2.45. The molecule has 0 rings (SSSR count). The first-order valence-corrected chi connectivity index (χ1v) is 39.6. The van der Waals surface area contributed by atoms with Gasteiger partial charge in [-0.15, -0.1) is 0 Å². The summed E-state index contributed by atoms with van der Waals surface area (Å²) in [6.07, 6.45) is 97.3. The molecule has 510 valence electrons. The Bertz CT molecular complexity index is 1350. The van der Waals surface area contributed by atoms with Crippen molar-refractivity contribution in [1.29, 1.82) is 0 Å². The summed E-state index contributed by atoms with van der Waals surface area (Å²) in [5.41, 5.74) is 0. The summed E-state index contributed by atoms with van der Waals surface area (Å²) in [5.74, 6) is -0.0430. The van der Waals surface area contributed by atoms with Crippen LogP contribution in [0, 0.1) is 0 Å². The number of aliphatic hydroxyl groups is 2. The van der Waals surface area contributed by atoms with E-state index in [1.807, 2.05) is 6.08 Å². The smallest absolute Gasteiger partial charge is 0.305 e. The number of carbonyl (C=O) groups excluding carboxylic acids is 2. The molecule has 0 fully saturated rings. The predicted molar refractivity (Wildman–Crippen MR) is 380 cm³/mol. The van der Waals surface area contributed by atoms with Gasteiger partial charge in [0.15, 0.2) is 0 Å². The number of unbranched alkanes of at least 4 members (excludes halogenated alkanes) is 62. The molecular weight excluding hydrogens is 1050 g/mol. The van der Waals surface area contributed by atoms with Gasteiger partial charge in [0, 0.05) is 12.8 Å². The fraction of sp³-hybridized carbons (Fsp3) is 0.925. The van der Waals surface area contributed by atoms with E-state index in [-0.39, 0.29) is 18.5 Å². The van der Waals surface area contributed by atoms with Crippen LogP contribution < -0.4 is 5.32 Å². The van der Waals surface area contributed by atoms with E-state index in [4.69, 9.17) is 4.74 Å². The number of esters is 1. The fourth-order valence-electron chi connectivity index (χ4n) is 12.7. The molecule has 0 bridgehead atoms. The Morgan fingerprint density at radius 2 is 0.547 bits per heavy atom. The fourth-order valence-corrected chi connectivity index (χ4v) is 12.7. The van der Waals surface area contributed by atoms with Crippen molar-refractivity contribution in [3.05, 3.63) is 24.3 Å². The quantitative estimate of drug-likeness (QED) is 0.0320. The molecule has 0 aromatic carbocycles. The van der Waals surface area contributed by atoms with Gasteiger partial charge in [0.05, 0.1) is 25.4 Å². The van der Waals surface area contributed by atoms with Gasteiger partial charge in [-0.2, -0.15) is 0 Å². The molecule has 1 amide bonds. The molecule has 0 aromatic rings. The number of allylic oxidation sites excluding steroid dienone is 3. The highest BCUT2D eigenvalue weighted by Gasteiger charge is 2.18. The molecule has 2 atom stereocenters. The maximum absolute atomic E-state index is 12.5. The highest BCUT2D eigenvalue weighted by molar-refractivity contribution is 5.76. The van der Waals surface area contributed by atoms with Crippen LogP contribution in [-0.4, -0.2) is 47.4 Å². The molecule has 0 aliphatic carbocycles. The second-order valence-corrected chi connectivity index (χ2v) is 27.4. The summed E-state index contributed by atoms with van der Waals surface area (Å²) in [7, 11) is 0. The van der Waals surface area contributed by atoms with Crippen LogP contribution in [0.3, 0.4) is 0 Å². The number of hydrogen-bond donors (Lipinski definition) is 3. The highest BCUT2D eigenvalue weighted by atomic mass is 16.5. The van der Waals surface area contributed by atoms with Gasteiger partial charge in [-0.3, -0.25) is 9.59 Å². The summed E-state index contributed by atoms with van der Waals surface area (Å²) in [6.45, 7) is 4.95. The maximum Gasteiger partial charge on any atom is 0.305 e. The van der Waals surface area contributed by atoms with E-state index in [0.717, 1.165) is 44.9 Å². The Balaban J connectivity index is 3.33. The van der Waals surface area contributed by atoms with Crippen LogP contribution >= 0.6 is 0 Å². The minimum absolute atomic E-state index is 0.0153. The molecule has 0 aromatic heterocycles. The summed E-state index contributed by atoms with van der Waals surface area (Å²) >= 11 is 0. The molecule has 0 saturated carbocycles. The van der Waals surface area contributed by atoms with Crippen molar-refractivity contribution in [3.63, 3.8) is 0 Å². The van der Waals surface area contributed by atoms with Crippen molar-refractivity contribution in [2.45, 2.75) is 463 Å². The van der Waals surface area contributed by atoms with Gasteiger partial charge in [0.25, 0.3) is 0 Å². The van der Waals surface area contributed by atoms with Crippen LogP contribution in [0.5, 0.6) is 0 Å². The van der Waals surface area contributed by atoms with Crippen molar-refractivity contribution < 1.29 is 24.5 Å². The number of amides is 1. The van der Waals surface area contributed by atoms with Crippen molar-refractivity contribution in [2.24, 2.45) is 0 Å². The van der Waals surface area contributed by atoms with Gasteiger partial charge >= 0.3 is 5.97 Å². The van der Waals surface area contributed by atoms with Gasteiger partial charge in [-0.25, -0.2) is 0 Å². The van der Waals surface area contributed by atoms with Crippen LogP contribution in [0.15, 0.2) is 24.3 Å². The van der Waals surface area contributed by atoms with E-state index in [1.54, 1.807) is 6.08 Å². The Morgan fingerprint density at radius 1 is 0.314 bits per heavy atom. The molecule has 86 heavy (non-hydrogen) atoms. The summed E-state index contributed by atoms with van der Waals surface area (Å²) in [6, 6.07) is -0.624. The predicted octanol–water partition coefficient (Wildman–Crippen LogP) is 26.0. The van der Waals surface area contributed by atoms with Crippen LogP contribution in [0.25, 0.3) is 0 Å². The zero-order chi connectivity index (χ0) is 62.0. The van der Waals surface area contributed by atoms with E-state index >= 15 is 0 Å². The second kappa shape index (κ2) is 75.8. The van der Waals surface area contributed by atoms with Gasteiger partial charge in [-0.1, -0.05) is 404 Å². The largest absolute Gasteiger partial charge is 0.466 e. The van der Waals surface area contributed by atoms with E-state index in [1.165, 1.54) is 379 Å². The highest BCUT2D eigenvalue weighted by Crippen LogP contribution is 2.20. The maximum atomic E-state index is 12.5. The van der Waals surface area contributed by atoms with Gasteiger partial charge in [0.1, 0.15) is 0 Å². The lowest BCUT2D eigenvalue weighted by atomic mass is 10.0. The van der Waals surface area contributed by atoms with E-state index in [2.05, 4.69) is 31.3 Å². The SMILES string of the molecule is CCCCCCCC/C=C\CCCCCCCC(=O)OCCCCCCCCCCCCCCCCCCCCCCCCCCCCCCCCCCCCCC(=O)NC(CO)C(O)/C=C/CCCCCCCCCCCCCCCCCCC. The normalized spacial score (nSPS) is 12.6. The summed E-state index contributed by atoms with van der Waals surface area (Å²) < 4.78 is 5.50. The monoisotopic (exact) mass is 1210 g/mol. The third-order valence-electron chi connectivity index (χ3n) is 18.7. The first kappa shape index (κ1) is 84.3. The van der Waals surface area contributed by atoms with E-state index in [9.17, 15) is 19.8 Å². The molecule has 6 nitrogen and oxygen atoms in total. The summed E-state index contributed by atoms with van der Waals surface area (Å²) in [4.78, 5) is 24.6. The lowest BCUT2D eigenvalue weighted by molar-refractivity contribution is -0.143. The zero-order valence-electron chi connectivity index (χ0n) is 58.6. The van der Waals surface area contributed by atoms with Crippen molar-refractivity contribution in [3.8, 4) is 0 Å². The molecule has 0 aliphatic rings. The van der Waals surface area contributed by atoms with Crippen LogP contribution in [-0.2, 0) is 14.3 Å².